The van der Waals surface area contributed by atoms with Crippen LogP contribution in [-0.4, -0.2) is 21.5 Å². The third-order valence-corrected chi connectivity index (χ3v) is 9.31. The van der Waals surface area contributed by atoms with Crippen molar-refractivity contribution >= 4 is 41.6 Å². The lowest BCUT2D eigenvalue weighted by Crippen LogP contribution is -2.40. The van der Waals surface area contributed by atoms with Crippen molar-refractivity contribution in [1.29, 1.82) is 0 Å². The van der Waals surface area contributed by atoms with Gasteiger partial charge >= 0.3 is 6.18 Å². The Morgan fingerprint density at radius 1 is 0.816 bits per heavy atom. The van der Waals surface area contributed by atoms with Crippen LogP contribution >= 0.6 is 20.7 Å². The Labute approximate surface area is 228 Å². The molecular weight excluding hydrogens is 607 g/mol. The van der Waals surface area contributed by atoms with Gasteiger partial charge in [-0.3, -0.25) is 9.69 Å². The van der Waals surface area contributed by atoms with Crippen molar-refractivity contribution in [2.75, 3.05) is 11.9 Å². The van der Waals surface area contributed by atoms with E-state index in [1.54, 1.807) is 19.2 Å². The molecule has 0 radical (unpaired) electrons. The number of halogens is 5. The molecule has 0 aromatic heterocycles. The van der Waals surface area contributed by atoms with E-state index in [1.165, 1.54) is 11.0 Å². The molecule has 0 aliphatic carbocycles. The Balaban J connectivity index is 1.56. The van der Waals surface area contributed by atoms with Gasteiger partial charge in [-0.1, -0.05) is 81.4 Å². The zero-order valence-electron chi connectivity index (χ0n) is 20.5. The second-order valence-corrected chi connectivity index (χ2v) is 12.1. The average molecular weight is 630 g/mol. The van der Waals surface area contributed by atoms with Crippen LogP contribution in [0.1, 0.15) is 40.0 Å². The second-order valence-electron chi connectivity index (χ2n) is 8.88. The molecule has 0 saturated carbocycles. The van der Waals surface area contributed by atoms with Gasteiger partial charge in [0.15, 0.2) is 0 Å². The van der Waals surface area contributed by atoms with Crippen LogP contribution in [0, 0.1) is 9.39 Å². The van der Waals surface area contributed by atoms with Gasteiger partial charge in [-0.05, 0) is 54.4 Å². The number of rotatable bonds is 5. The van der Waals surface area contributed by atoms with E-state index in [0.717, 1.165) is 30.5 Å². The SMILES string of the molecule is CC1=Ic2ccc(N(C)c3ccc(F)c(C(F)(F)F)c3)cc2C(=O)N1C(c1ccccc1)c1ccccc1. The van der Waals surface area contributed by atoms with E-state index in [-0.39, 0.29) is 17.6 Å². The molecule has 194 valence electrons. The normalized spacial score (nSPS) is 13.6. The molecule has 0 spiro atoms. The van der Waals surface area contributed by atoms with Crippen molar-refractivity contribution in [2.45, 2.75) is 19.1 Å². The van der Waals surface area contributed by atoms with Gasteiger partial charge in [0, 0.05) is 22.0 Å². The summed E-state index contributed by atoms with van der Waals surface area (Å²) in [5, 5.41) is 0. The highest BCUT2D eigenvalue weighted by molar-refractivity contribution is 14.2. The minimum Gasteiger partial charge on any atom is -0.345 e. The summed E-state index contributed by atoms with van der Waals surface area (Å²) in [5.41, 5.74) is 1.88. The lowest BCUT2D eigenvalue weighted by atomic mass is 9.96. The number of amides is 1. The molecule has 0 unspecified atom stereocenters. The summed E-state index contributed by atoms with van der Waals surface area (Å²) < 4.78 is 55.7. The van der Waals surface area contributed by atoms with Gasteiger partial charge in [-0.2, -0.15) is 13.2 Å². The number of fused-ring (bicyclic) bond motifs is 1. The number of carbonyl (C=O) groups excluding carboxylic acids is 1. The summed E-state index contributed by atoms with van der Waals surface area (Å²) >= 11 is -0.661. The lowest BCUT2D eigenvalue weighted by Gasteiger charge is -2.36. The number of anilines is 2. The van der Waals surface area contributed by atoms with Gasteiger partial charge < -0.3 is 4.90 Å². The number of benzene rings is 4. The first kappa shape index (κ1) is 26.1. The Hall–Kier alpha value is -3.53. The van der Waals surface area contributed by atoms with Crippen molar-refractivity contribution in [2.24, 2.45) is 0 Å². The van der Waals surface area contributed by atoms with Crippen LogP contribution < -0.4 is 4.90 Å². The largest absolute Gasteiger partial charge is 0.419 e. The van der Waals surface area contributed by atoms with Gasteiger partial charge in [0.1, 0.15) is 5.82 Å². The quantitative estimate of drug-likeness (QED) is 0.164. The molecule has 5 rings (SSSR count). The maximum absolute atomic E-state index is 14.1. The first-order valence-corrected chi connectivity index (χ1v) is 14.0. The molecule has 3 nitrogen and oxygen atoms in total. The smallest absolute Gasteiger partial charge is 0.345 e. The second kappa shape index (κ2) is 10.3. The van der Waals surface area contributed by atoms with Crippen LogP contribution in [0.15, 0.2) is 97.1 Å². The molecule has 0 saturated heterocycles. The molecule has 0 bridgehead atoms. The van der Waals surface area contributed by atoms with Crippen LogP contribution in [0.5, 0.6) is 0 Å². The highest BCUT2D eigenvalue weighted by atomic mass is 127. The number of nitrogens with zero attached hydrogens (tertiary/aromatic N) is 2. The molecule has 8 heteroatoms. The highest BCUT2D eigenvalue weighted by Gasteiger charge is 2.35. The molecule has 1 aliphatic rings. The minimum absolute atomic E-state index is 0.161. The zero-order chi connectivity index (χ0) is 27.0. The summed E-state index contributed by atoms with van der Waals surface area (Å²) in [6, 6.07) is 27.6. The molecular formula is C30H23F4IN2O. The Kier molecular flexibility index (Phi) is 7.09. The minimum atomic E-state index is -4.81. The fraction of sp³-hybridized carbons (Fsp3) is 0.133. The van der Waals surface area contributed by atoms with Gasteiger partial charge in [-0.25, -0.2) is 4.39 Å². The topological polar surface area (TPSA) is 23.6 Å². The van der Waals surface area contributed by atoms with Crippen molar-refractivity contribution in [3.63, 3.8) is 0 Å². The van der Waals surface area contributed by atoms with Gasteiger partial charge in [0.05, 0.1) is 20.8 Å². The van der Waals surface area contributed by atoms with E-state index in [9.17, 15) is 22.4 Å². The Morgan fingerprint density at radius 3 is 1.95 bits per heavy atom. The first-order chi connectivity index (χ1) is 18.1. The van der Waals surface area contributed by atoms with Crippen molar-refractivity contribution in [3.8, 4) is 0 Å². The number of alkyl halides is 3. The summed E-state index contributed by atoms with van der Waals surface area (Å²) in [7, 11) is 1.60. The standard InChI is InChI=1S/C30H23F4IN2O/c1-19-35-27-16-14-22(36(2)23-13-15-26(31)25(18-23)30(32,33)34)17-24(27)29(38)37(19)28(20-9-5-3-6-10-20)21-11-7-4-8-12-21/h3-18,28H,1-2H3. The number of carbonyl (C=O) groups is 1. The number of hydrogen-bond donors (Lipinski definition) is 0. The van der Waals surface area contributed by atoms with Crippen molar-refractivity contribution in [1.82, 2.24) is 4.90 Å². The van der Waals surface area contributed by atoms with Crippen LogP contribution in [-0.2, 0) is 6.18 Å². The summed E-state index contributed by atoms with van der Waals surface area (Å²) in [6.07, 6.45) is -4.81. The monoisotopic (exact) mass is 630 g/mol. The first-order valence-electron chi connectivity index (χ1n) is 11.8. The maximum Gasteiger partial charge on any atom is 0.419 e. The van der Waals surface area contributed by atoms with Crippen LogP contribution in [0.4, 0.5) is 28.9 Å². The summed E-state index contributed by atoms with van der Waals surface area (Å²) in [4.78, 5) is 17.4. The maximum atomic E-state index is 14.1. The average Bonchev–Trinajstić information content (AvgIpc) is 2.91. The van der Waals surface area contributed by atoms with Crippen molar-refractivity contribution in [3.05, 3.63) is 129 Å². The van der Waals surface area contributed by atoms with Crippen LogP contribution in [0.25, 0.3) is 0 Å². The predicted molar refractivity (Wildman–Crippen MR) is 150 cm³/mol. The Bertz CT molecular complexity index is 1480. The van der Waals surface area contributed by atoms with Gasteiger partial charge in [0.2, 0.25) is 0 Å². The van der Waals surface area contributed by atoms with E-state index in [2.05, 4.69) is 0 Å². The van der Waals surface area contributed by atoms with Crippen LogP contribution in [0.2, 0.25) is 0 Å². The van der Waals surface area contributed by atoms with Crippen LogP contribution in [0.3, 0.4) is 0 Å². The molecule has 0 N–H and O–H groups in total. The van der Waals surface area contributed by atoms with E-state index >= 15 is 0 Å². The molecule has 38 heavy (non-hydrogen) atoms. The molecule has 4 aromatic carbocycles. The highest BCUT2D eigenvalue weighted by Crippen LogP contribution is 2.39. The Morgan fingerprint density at radius 2 is 1.37 bits per heavy atom. The number of hydrogen-bond acceptors (Lipinski definition) is 2. The fourth-order valence-corrected chi connectivity index (χ4v) is 7.21. The summed E-state index contributed by atoms with van der Waals surface area (Å²) in [6.45, 7) is 1.99. The molecule has 1 heterocycles. The van der Waals surface area contributed by atoms with E-state index in [1.807, 2.05) is 78.6 Å². The summed E-state index contributed by atoms with van der Waals surface area (Å²) in [5.74, 6) is -1.49. The van der Waals surface area contributed by atoms with Gasteiger partial charge in [0.25, 0.3) is 5.91 Å². The molecule has 1 amide bonds. The molecule has 1 aliphatic heterocycles. The van der Waals surface area contributed by atoms with E-state index in [4.69, 9.17) is 0 Å². The molecule has 0 atom stereocenters. The molecule has 4 aromatic rings. The lowest BCUT2D eigenvalue weighted by molar-refractivity contribution is -0.139. The van der Waals surface area contributed by atoms with Gasteiger partial charge in [-0.15, -0.1) is 0 Å². The van der Waals surface area contributed by atoms with E-state index in [0.29, 0.717) is 11.3 Å². The zero-order valence-corrected chi connectivity index (χ0v) is 22.7. The molecule has 0 fully saturated rings. The third kappa shape index (κ3) is 4.97. The van der Waals surface area contributed by atoms with E-state index < -0.39 is 38.3 Å². The van der Waals surface area contributed by atoms with Crippen molar-refractivity contribution < 1.29 is 22.4 Å². The third-order valence-electron chi connectivity index (χ3n) is 6.49. The predicted octanol–water partition coefficient (Wildman–Crippen LogP) is 8.15. The fourth-order valence-electron chi connectivity index (χ4n) is 4.58.